The maximum absolute atomic E-state index is 12.5. The first kappa shape index (κ1) is 17.7. The highest BCUT2D eigenvalue weighted by Crippen LogP contribution is 2.37. The Hall–Kier alpha value is -3.68. The highest BCUT2D eigenvalue weighted by Gasteiger charge is 2.55. The van der Waals surface area contributed by atoms with Gasteiger partial charge in [0.1, 0.15) is 12.1 Å². The van der Waals surface area contributed by atoms with E-state index in [4.69, 9.17) is 9.57 Å². The zero-order valence-corrected chi connectivity index (χ0v) is 14.7. The highest BCUT2D eigenvalue weighted by atomic mass is 16.7. The number of nitrogens with zero attached hydrogens (tertiary/aromatic N) is 1. The Morgan fingerprint density at radius 1 is 0.929 bits per heavy atom. The molecule has 2 aromatic rings. The third kappa shape index (κ3) is 3.20. The van der Waals surface area contributed by atoms with Gasteiger partial charge in [0.25, 0.3) is 11.8 Å². The smallest absolute Gasteiger partial charge is 0.408 e. The minimum absolute atomic E-state index is 0.0518. The second-order valence-electron chi connectivity index (χ2n) is 6.60. The molecule has 1 fully saturated rings. The van der Waals surface area contributed by atoms with E-state index in [1.165, 1.54) is 12.1 Å². The van der Waals surface area contributed by atoms with Crippen LogP contribution >= 0.6 is 0 Å². The van der Waals surface area contributed by atoms with Crippen LogP contribution in [0.25, 0.3) is 0 Å². The van der Waals surface area contributed by atoms with E-state index in [-0.39, 0.29) is 17.7 Å². The molecule has 0 atom stereocenters. The number of amides is 3. The molecule has 0 radical (unpaired) electrons. The molecule has 1 saturated carbocycles. The van der Waals surface area contributed by atoms with Gasteiger partial charge in [0.05, 0.1) is 11.1 Å². The van der Waals surface area contributed by atoms with Crippen molar-refractivity contribution in [3.05, 3.63) is 71.3 Å². The summed E-state index contributed by atoms with van der Waals surface area (Å²) in [4.78, 5) is 54.1. The first-order valence-electron chi connectivity index (χ1n) is 8.69. The largest absolute Gasteiger partial charge is 0.445 e. The quantitative estimate of drug-likeness (QED) is 0.798. The number of hydrogen-bond donors (Lipinski definition) is 1. The van der Waals surface area contributed by atoms with Crippen LogP contribution in [0.2, 0.25) is 0 Å². The molecule has 2 aromatic carbocycles. The number of alkyl carbamates (subject to hydrolysis) is 1. The third-order valence-electron chi connectivity index (χ3n) is 4.63. The number of hydrogen-bond acceptors (Lipinski definition) is 6. The van der Waals surface area contributed by atoms with Crippen molar-refractivity contribution in [3.8, 4) is 0 Å². The topological polar surface area (TPSA) is 102 Å². The Balaban J connectivity index is 1.36. The van der Waals surface area contributed by atoms with Gasteiger partial charge in [0.2, 0.25) is 0 Å². The Morgan fingerprint density at radius 2 is 1.50 bits per heavy atom. The van der Waals surface area contributed by atoms with Gasteiger partial charge in [-0.05, 0) is 30.5 Å². The van der Waals surface area contributed by atoms with E-state index in [0.717, 1.165) is 5.56 Å². The van der Waals surface area contributed by atoms with Gasteiger partial charge in [-0.2, -0.15) is 0 Å². The summed E-state index contributed by atoms with van der Waals surface area (Å²) in [5.74, 6) is -2.30. The van der Waals surface area contributed by atoms with E-state index in [2.05, 4.69) is 5.32 Å². The molecule has 28 heavy (non-hydrogen) atoms. The normalized spacial score (nSPS) is 16.4. The summed E-state index contributed by atoms with van der Waals surface area (Å²) in [5, 5.41) is 2.91. The summed E-state index contributed by atoms with van der Waals surface area (Å²) >= 11 is 0. The van der Waals surface area contributed by atoms with Gasteiger partial charge in [-0.3, -0.25) is 9.59 Å². The van der Waals surface area contributed by atoms with Crippen molar-refractivity contribution < 1.29 is 28.8 Å². The summed E-state index contributed by atoms with van der Waals surface area (Å²) in [6.07, 6.45) is -0.120. The lowest BCUT2D eigenvalue weighted by Gasteiger charge is -2.19. The predicted octanol–water partition coefficient (Wildman–Crippen LogP) is 2.20. The molecule has 0 aromatic heterocycles. The van der Waals surface area contributed by atoms with Crippen molar-refractivity contribution in [2.75, 3.05) is 0 Å². The van der Waals surface area contributed by atoms with E-state index >= 15 is 0 Å². The fraction of sp³-hybridized carbons (Fsp3) is 0.200. The molecule has 1 aliphatic carbocycles. The number of imide groups is 1. The molecule has 8 heteroatoms. The molecule has 0 spiro atoms. The van der Waals surface area contributed by atoms with Gasteiger partial charge in [-0.15, -0.1) is 0 Å². The molecule has 1 heterocycles. The maximum Gasteiger partial charge on any atom is 0.408 e. The molecule has 8 nitrogen and oxygen atoms in total. The summed E-state index contributed by atoms with van der Waals surface area (Å²) in [7, 11) is 0. The fourth-order valence-corrected chi connectivity index (χ4v) is 2.88. The van der Waals surface area contributed by atoms with Crippen LogP contribution in [-0.4, -0.2) is 34.5 Å². The van der Waals surface area contributed by atoms with Crippen LogP contribution in [0.5, 0.6) is 0 Å². The average molecular weight is 380 g/mol. The molecular weight excluding hydrogens is 364 g/mol. The van der Waals surface area contributed by atoms with Crippen LogP contribution in [-0.2, 0) is 21.0 Å². The fourth-order valence-electron chi connectivity index (χ4n) is 2.88. The SMILES string of the molecule is O=C(NC1(C(=O)ON2C(=O)c3ccccc3C2=O)CC1)OCc1ccccc1. The van der Waals surface area contributed by atoms with Crippen molar-refractivity contribution in [2.45, 2.75) is 25.0 Å². The van der Waals surface area contributed by atoms with Gasteiger partial charge >= 0.3 is 12.1 Å². The van der Waals surface area contributed by atoms with Crippen LogP contribution in [0.4, 0.5) is 4.79 Å². The van der Waals surface area contributed by atoms with Crippen molar-refractivity contribution >= 4 is 23.9 Å². The number of carbonyl (C=O) groups excluding carboxylic acids is 4. The number of rotatable bonds is 5. The average Bonchev–Trinajstić information content (AvgIpc) is 3.46. The summed E-state index contributed by atoms with van der Waals surface area (Å²) in [6, 6.07) is 15.3. The van der Waals surface area contributed by atoms with Crippen LogP contribution < -0.4 is 5.32 Å². The molecule has 1 aliphatic heterocycles. The van der Waals surface area contributed by atoms with Gasteiger partial charge in [0.15, 0.2) is 0 Å². The van der Waals surface area contributed by atoms with E-state index in [1.54, 1.807) is 24.3 Å². The van der Waals surface area contributed by atoms with Crippen LogP contribution in [0.1, 0.15) is 39.1 Å². The van der Waals surface area contributed by atoms with Crippen molar-refractivity contribution in [1.29, 1.82) is 0 Å². The lowest BCUT2D eigenvalue weighted by atomic mass is 10.1. The Labute approximate surface area is 160 Å². The molecule has 0 bridgehead atoms. The second-order valence-corrected chi connectivity index (χ2v) is 6.60. The Bertz CT molecular complexity index is 933. The standard InChI is InChI=1S/C20H16N2O6/c23-16-14-8-4-5-9-15(14)17(24)22(16)28-18(25)20(10-11-20)21-19(26)27-12-13-6-2-1-3-7-13/h1-9H,10-12H2,(H,21,26). The predicted molar refractivity (Wildman–Crippen MR) is 94.8 cm³/mol. The number of fused-ring (bicyclic) bond motifs is 1. The summed E-state index contributed by atoms with van der Waals surface area (Å²) in [6.45, 7) is 0.0518. The van der Waals surface area contributed by atoms with Gasteiger partial charge in [-0.25, -0.2) is 9.59 Å². The van der Waals surface area contributed by atoms with E-state index in [1.807, 2.05) is 18.2 Å². The number of ether oxygens (including phenoxy) is 1. The van der Waals surface area contributed by atoms with Crippen molar-refractivity contribution in [3.63, 3.8) is 0 Å². The molecular formula is C20H16N2O6. The number of benzene rings is 2. The Kier molecular flexibility index (Phi) is 4.31. The molecule has 1 N–H and O–H groups in total. The van der Waals surface area contributed by atoms with Crippen molar-refractivity contribution in [2.24, 2.45) is 0 Å². The molecule has 2 aliphatic rings. The van der Waals surface area contributed by atoms with E-state index < -0.39 is 29.4 Å². The molecule has 142 valence electrons. The lowest BCUT2D eigenvalue weighted by molar-refractivity contribution is -0.172. The Morgan fingerprint density at radius 3 is 2.07 bits per heavy atom. The molecule has 0 unspecified atom stereocenters. The van der Waals surface area contributed by atoms with Crippen LogP contribution in [0.15, 0.2) is 54.6 Å². The van der Waals surface area contributed by atoms with Gasteiger partial charge in [-0.1, -0.05) is 47.5 Å². The molecule has 3 amide bonds. The van der Waals surface area contributed by atoms with Crippen molar-refractivity contribution in [1.82, 2.24) is 10.4 Å². The number of carbonyl (C=O) groups is 4. The maximum atomic E-state index is 12.5. The van der Waals surface area contributed by atoms with Gasteiger partial charge < -0.3 is 14.9 Å². The van der Waals surface area contributed by atoms with E-state index in [9.17, 15) is 19.2 Å². The lowest BCUT2D eigenvalue weighted by Crippen LogP contribution is -2.47. The summed E-state index contributed by atoms with van der Waals surface area (Å²) in [5.41, 5.74) is -0.153. The van der Waals surface area contributed by atoms with Crippen LogP contribution in [0, 0.1) is 0 Å². The summed E-state index contributed by atoms with van der Waals surface area (Å²) < 4.78 is 5.11. The first-order chi connectivity index (χ1) is 13.5. The van der Waals surface area contributed by atoms with E-state index in [0.29, 0.717) is 17.9 Å². The zero-order chi connectivity index (χ0) is 19.7. The second kappa shape index (κ2) is 6.80. The van der Waals surface area contributed by atoms with Gasteiger partial charge in [0, 0.05) is 0 Å². The number of nitrogens with one attached hydrogen (secondary N) is 1. The molecule has 4 rings (SSSR count). The minimum Gasteiger partial charge on any atom is -0.445 e. The highest BCUT2D eigenvalue weighted by molar-refractivity contribution is 6.21. The third-order valence-corrected chi connectivity index (χ3v) is 4.63. The number of hydroxylamine groups is 2. The zero-order valence-electron chi connectivity index (χ0n) is 14.7. The first-order valence-corrected chi connectivity index (χ1v) is 8.69. The monoisotopic (exact) mass is 380 g/mol. The molecule has 0 saturated heterocycles. The van der Waals surface area contributed by atoms with Crippen LogP contribution in [0.3, 0.4) is 0 Å². The minimum atomic E-state index is -1.29.